The molecule has 0 saturated heterocycles. The van der Waals surface area contributed by atoms with E-state index in [1.54, 1.807) is 21.3 Å². The van der Waals surface area contributed by atoms with E-state index in [0.717, 1.165) is 29.1 Å². The Hall–Kier alpha value is -2.70. The van der Waals surface area contributed by atoms with Gasteiger partial charge in [0.25, 0.3) is 0 Å². The van der Waals surface area contributed by atoms with Gasteiger partial charge in [0.05, 0.1) is 21.3 Å². The molecule has 1 heterocycles. The molecule has 7 heteroatoms. The van der Waals surface area contributed by atoms with E-state index in [1.807, 2.05) is 19.1 Å². The lowest BCUT2D eigenvalue weighted by molar-refractivity contribution is 0.324. The highest BCUT2D eigenvalue weighted by Gasteiger charge is 2.14. The van der Waals surface area contributed by atoms with Crippen molar-refractivity contribution in [2.45, 2.75) is 26.8 Å². The number of anilines is 2. The van der Waals surface area contributed by atoms with Crippen LogP contribution in [0.15, 0.2) is 12.1 Å². The molecule has 0 aliphatic heterocycles. The molecule has 0 spiro atoms. The van der Waals surface area contributed by atoms with E-state index in [2.05, 4.69) is 22.2 Å². The number of hydrogen-bond acceptors (Lipinski definition) is 7. The SMILES string of the molecule is CCc1c(C)nc(N)nc1NCc1cc(OC)c(OC)c(OC)c1. The molecule has 0 aliphatic carbocycles. The minimum atomic E-state index is 0.261. The predicted molar refractivity (Wildman–Crippen MR) is 94.0 cm³/mol. The Kier molecular flexibility index (Phi) is 5.68. The molecule has 3 N–H and O–H groups in total. The lowest BCUT2D eigenvalue weighted by Crippen LogP contribution is -2.10. The average molecular weight is 332 g/mol. The molecule has 0 aliphatic rings. The van der Waals surface area contributed by atoms with Crippen LogP contribution in [0.3, 0.4) is 0 Å². The number of rotatable bonds is 7. The Balaban J connectivity index is 2.30. The zero-order chi connectivity index (χ0) is 17.7. The first-order valence-corrected chi connectivity index (χ1v) is 7.69. The number of nitrogens with zero attached hydrogens (tertiary/aromatic N) is 2. The number of aromatic nitrogens is 2. The summed E-state index contributed by atoms with van der Waals surface area (Å²) in [5.41, 5.74) is 8.67. The van der Waals surface area contributed by atoms with Crippen molar-refractivity contribution in [1.82, 2.24) is 9.97 Å². The molecule has 0 bridgehead atoms. The average Bonchev–Trinajstić information content (AvgIpc) is 2.58. The molecule has 0 saturated carbocycles. The van der Waals surface area contributed by atoms with Crippen LogP contribution in [0.5, 0.6) is 17.2 Å². The first kappa shape index (κ1) is 17.7. The largest absolute Gasteiger partial charge is 0.493 e. The van der Waals surface area contributed by atoms with Crippen molar-refractivity contribution in [2.24, 2.45) is 0 Å². The summed E-state index contributed by atoms with van der Waals surface area (Å²) in [4.78, 5) is 8.51. The number of benzene rings is 1. The van der Waals surface area contributed by atoms with Gasteiger partial charge >= 0.3 is 0 Å². The monoisotopic (exact) mass is 332 g/mol. The van der Waals surface area contributed by atoms with Gasteiger partial charge in [0, 0.05) is 17.8 Å². The summed E-state index contributed by atoms with van der Waals surface area (Å²) in [6, 6.07) is 3.80. The van der Waals surface area contributed by atoms with Gasteiger partial charge in [0.1, 0.15) is 5.82 Å². The lowest BCUT2D eigenvalue weighted by atomic mass is 10.1. The van der Waals surface area contributed by atoms with Gasteiger partial charge < -0.3 is 25.3 Å². The van der Waals surface area contributed by atoms with Crippen molar-refractivity contribution in [3.05, 3.63) is 29.0 Å². The molecule has 0 fully saturated rings. The lowest BCUT2D eigenvalue weighted by Gasteiger charge is -2.16. The summed E-state index contributed by atoms with van der Waals surface area (Å²) < 4.78 is 16.1. The fraction of sp³-hybridized carbons (Fsp3) is 0.412. The molecular weight excluding hydrogens is 308 g/mol. The van der Waals surface area contributed by atoms with Crippen molar-refractivity contribution < 1.29 is 14.2 Å². The maximum Gasteiger partial charge on any atom is 0.222 e. The number of ether oxygens (including phenoxy) is 3. The van der Waals surface area contributed by atoms with Crippen molar-refractivity contribution in [2.75, 3.05) is 32.4 Å². The Morgan fingerprint density at radius 3 is 2.17 bits per heavy atom. The third-order valence-corrected chi connectivity index (χ3v) is 3.77. The molecule has 2 aromatic rings. The van der Waals surface area contributed by atoms with Crippen molar-refractivity contribution in [1.29, 1.82) is 0 Å². The Morgan fingerprint density at radius 1 is 1.04 bits per heavy atom. The molecule has 0 atom stereocenters. The van der Waals surface area contributed by atoms with Crippen molar-refractivity contribution in [3.63, 3.8) is 0 Å². The van der Waals surface area contributed by atoms with Crippen LogP contribution < -0.4 is 25.3 Å². The summed E-state index contributed by atoms with van der Waals surface area (Å²) in [5, 5.41) is 3.32. The second-order valence-corrected chi connectivity index (χ2v) is 5.24. The van der Waals surface area contributed by atoms with E-state index in [0.29, 0.717) is 23.8 Å². The van der Waals surface area contributed by atoms with Crippen LogP contribution in [-0.2, 0) is 13.0 Å². The fourth-order valence-electron chi connectivity index (χ4n) is 2.61. The summed E-state index contributed by atoms with van der Waals surface area (Å²) in [6.45, 7) is 4.54. The maximum absolute atomic E-state index is 5.76. The summed E-state index contributed by atoms with van der Waals surface area (Å²) in [7, 11) is 4.77. The smallest absolute Gasteiger partial charge is 0.222 e. The number of nitrogen functional groups attached to an aromatic ring is 1. The Morgan fingerprint density at radius 2 is 1.67 bits per heavy atom. The van der Waals surface area contributed by atoms with E-state index in [-0.39, 0.29) is 5.95 Å². The van der Waals surface area contributed by atoms with E-state index in [1.165, 1.54) is 0 Å². The molecular formula is C17H24N4O3. The number of aryl methyl sites for hydroxylation is 1. The molecule has 1 aromatic heterocycles. The second-order valence-electron chi connectivity index (χ2n) is 5.24. The molecule has 0 radical (unpaired) electrons. The van der Waals surface area contributed by atoms with Gasteiger partial charge in [-0.1, -0.05) is 6.92 Å². The van der Waals surface area contributed by atoms with Gasteiger partial charge in [-0.2, -0.15) is 4.98 Å². The highest BCUT2D eigenvalue weighted by atomic mass is 16.5. The van der Waals surface area contributed by atoms with Crippen molar-refractivity contribution >= 4 is 11.8 Å². The van der Waals surface area contributed by atoms with Gasteiger partial charge in [-0.3, -0.25) is 0 Å². The van der Waals surface area contributed by atoms with E-state index in [4.69, 9.17) is 19.9 Å². The number of nitrogens with two attached hydrogens (primary N) is 1. The molecule has 130 valence electrons. The molecule has 24 heavy (non-hydrogen) atoms. The van der Waals surface area contributed by atoms with Gasteiger partial charge in [0.15, 0.2) is 11.5 Å². The normalized spacial score (nSPS) is 10.4. The zero-order valence-electron chi connectivity index (χ0n) is 14.8. The maximum atomic E-state index is 5.76. The van der Waals surface area contributed by atoms with E-state index < -0.39 is 0 Å². The van der Waals surface area contributed by atoms with Crippen LogP contribution >= 0.6 is 0 Å². The number of hydrogen-bond donors (Lipinski definition) is 2. The summed E-state index contributed by atoms with van der Waals surface area (Å²) >= 11 is 0. The first-order chi connectivity index (χ1) is 11.5. The molecule has 2 rings (SSSR count). The van der Waals surface area contributed by atoms with Crippen molar-refractivity contribution in [3.8, 4) is 17.2 Å². The van der Waals surface area contributed by atoms with Gasteiger partial charge in [-0.05, 0) is 31.0 Å². The highest BCUT2D eigenvalue weighted by Crippen LogP contribution is 2.38. The third kappa shape index (κ3) is 3.61. The second kappa shape index (κ2) is 7.72. The van der Waals surface area contributed by atoms with Gasteiger partial charge in [-0.15, -0.1) is 0 Å². The first-order valence-electron chi connectivity index (χ1n) is 7.69. The highest BCUT2D eigenvalue weighted by molar-refractivity contribution is 5.55. The predicted octanol–water partition coefficient (Wildman–Crippen LogP) is 2.57. The number of methoxy groups -OCH3 is 3. The van der Waals surface area contributed by atoms with Crippen LogP contribution in [0, 0.1) is 6.92 Å². The van der Waals surface area contributed by atoms with Crippen LogP contribution in [-0.4, -0.2) is 31.3 Å². The third-order valence-electron chi connectivity index (χ3n) is 3.77. The zero-order valence-corrected chi connectivity index (χ0v) is 14.8. The van der Waals surface area contributed by atoms with Gasteiger partial charge in [0.2, 0.25) is 11.7 Å². The van der Waals surface area contributed by atoms with Crippen LogP contribution in [0.4, 0.5) is 11.8 Å². The summed E-state index contributed by atoms with van der Waals surface area (Å²) in [6.07, 6.45) is 0.823. The quantitative estimate of drug-likeness (QED) is 0.805. The summed E-state index contributed by atoms with van der Waals surface area (Å²) in [5.74, 6) is 2.80. The Bertz CT molecular complexity index is 694. The molecule has 1 aromatic carbocycles. The van der Waals surface area contributed by atoms with E-state index >= 15 is 0 Å². The standard InChI is InChI=1S/C17H24N4O3/c1-6-12-10(2)20-17(18)21-16(12)19-9-11-7-13(22-3)15(24-5)14(8-11)23-4/h7-8H,6,9H2,1-5H3,(H3,18,19,20,21). The van der Waals surface area contributed by atoms with E-state index in [9.17, 15) is 0 Å². The number of nitrogens with one attached hydrogen (secondary N) is 1. The molecule has 0 unspecified atom stereocenters. The minimum Gasteiger partial charge on any atom is -0.493 e. The topological polar surface area (TPSA) is 91.5 Å². The fourth-order valence-corrected chi connectivity index (χ4v) is 2.61. The Labute approximate surface area is 142 Å². The minimum absolute atomic E-state index is 0.261. The van der Waals surface area contributed by atoms with Crippen LogP contribution in [0.1, 0.15) is 23.7 Å². The van der Waals surface area contributed by atoms with Crippen LogP contribution in [0.25, 0.3) is 0 Å². The molecule has 7 nitrogen and oxygen atoms in total. The molecule has 0 amide bonds. The van der Waals surface area contributed by atoms with Crippen LogP contribution in [0.2, 0.25) is 0 Å². The van der Waals surface area contributed by atoms with Gasteiger partial charge in [-0.25, -0.2) is 4.98 Å².